The molecule has 0 saturated carbocycles. The average molecular weight is 571 g/mol. The SMILES string of the molecule is COc1nc2ccc(C(O)(c3ccc(C#N)nc3)c3cncn3C)cc2c(Cl)c1CN1CCC(C(F)(F)F)CC1. The third kappa shape index (κ3) is 4.98. The van der Waals surface area contributed by atoms with E-state index in [4.69, 9.17) is 16.3 Å². The van der Waals surface area contributed by atoms with Gasteiger partial charge in [-0.05, 0) is 49.7 Å². The fourth-order valence-corrected chi connectivity index (χ4v) is 5.55. The van der Waals surface area contributed by atoms with Crippen molar-refractivity contribution in [3.05, 3.63) is 82.2 Å². The van der Waals surface area contributed by atoms with E-state index >= 15 is 0 Å². The predicted molar refractivity (Wildman–Crippen MR) is 142 cm³/mol. The van der Waals surface area contributed by atoms with E-state index in [9.17, 15) is 23.5 Å². The Morgan fingerprint density at radius 1 is 1.15 bits per heavy atom. The average Bonchev–Trinajstić information content (AvgIpc) is 3.40. The van der Waals surface area contributed by atoms with Crippen LogP contribution in [0.3, 0.4) is 0 Å². The molecule has 1 aliphatic heterocycles. The summed E-state index contributed by atoms with van der Waals surface area (Å²) in [4.78, 5) is 14.8. The number of ether oxygens (including phenoxy) is 1. The summed E-state index contributed by atoms with van der Waals surface area (Å²) in [5.74, 6) is -1.01. The molecule has 0 bridgehead atoms. The molecule has 1 atom stereocenters. The van der Waals surface area contributed by atoms with Gasteiger partial charge >= 0.3 is 6.18 Å². The molecule has 1 fully saturated rings. The fourth-order valence-electron chi connectivity index (χ4n) is 5.26. The molecule has 40 heavy (non-hydrogen) atoms. The third-order valence-corrected chi connectivity index (χ3v) is 7.94. The van der Waals surface area contributed by atoms with Gasteiger partial charge in [-0.3, -0.25) is 4.90 Å². The van der Waals surface area contributed by atoms with Crippen molar-refractivity contribution in [3.8, 4) is 11.9 Å². The lowest BCUT2D eigenvalue weighted by Crippen LogP contribution is -2.38. The number of hydrogen-bond acceptors (Lipinski definition) is 7. The van der Waals surface area contributed by atoms with Crippen LogP contribution >= 0.6 is 11.6 Å². The number of aliphatic hydroxyl groups is 1. The van der Waals surface area contributed by atoms with E-state index in [1.807, 2.05) is 11.0 Å². The number of aromatic nitrogens is 4. The Hall–Kier alpha value is -3.72. The molecule has 4 aromatic rings. The van der Waals surface area contributed by atoms with Crippen LogP contribution in [0.2, 0.25) is 5.02 Å². The Morgan fingerprint density at radius 2 is 1.88 bits per heavy atom. The molecule has 3 aromatic heterocycles. The normalized spacial score (nSPS) is 16.6. The van der Waals surface area contributed by atoms with Crippen LogP contribution in [0.4, 0.5) is 13.2 Å². The van der Waals surface area contributed by atoms with Crippen LogP contribution in [0, 0.1) is 17.2 Å². The summed E-state index contributed by atoms with van der Waals surface area (Å²) in [7, 11) is 3.22. The number of nitriles is 1. The van der Waals surface area contributed by atoms with Crippen molar-refractivity contribution in [3.63, 3.8) is 0 Å². The summed E-state index contributed by atoms with van der Waals surface area (Å²) in [5, 5.41) is 22.3. The number of hydrogen-bond donors (Lipinski definition) is 1. The molecule has 0 spiro atoms. The molecule has 4 heterocycles. The highest BCUT2D eigenvalue weighted by Crippen LogP contribution is 2.41. The van der Waals surface area contributed by atoms with Crippen molar-refractivity contribution >= 4 is 22.5 Å². The number of alkyl halides is 3. The maximum absolute atomic E-state index is 13.2. The van der Waals surface area contributed by atoms with Gasteiger partial charge in [-0.25, -0.2) is 15.0 Å². The molecule has 8 nitrogen and oxygen atoms in total. The first-order valence-corrected chi connectivity index (χ1v) is 13.0. The second-order valence-corrected chi connectivity index (χ2v) is 10.3. The van der Waals surface area contributed by atoms with Crippen molar-refractivity contribution in [2.45, 2.75) is 31.2 Å². The van der Waals surface area contributed by atoms with Crippen molar-refractivity contribution in [1.29, 1.82) is 5.26 Å². The molecule has 0 amide bonds. The maximum Gasteiger partial charge on any atom is 0.391 e. The van der Waals surface area contributed by atoms with Crippen molar-refractivity contribution in [1.82, 2.24) is 24.4 Å². The zero-order valence-corrected chi connectivity index (χ0v) is 22.5. The number of rotatable bonds is 6. The molecule has 1 saturated heterocycles. The van der Waals surface area contributed by atoms with E-state index in [1.54, 1.807) is 48.4 Å². The number of pyridine rings is 2. The molecule has 0 radical (unpaired) electrons. The summed E-state index contributed by atoms with van der Waals surface area (Å²) >= 11 is 6.94. The van der Waals surface area contributed by atoms with E-state index in [1.165, 1.54) is 19.4 Å². The maximum atomic E-state index is 13.2. The van der Waals surface area contributed by atoms with Gasteiger partial charge in [-0.1, -0.05) is 23.7 Å². The first-order chi connectivity index (χ1) is 19.1. The minimum absolute atomic E-state index is 0.0188. The highest BCUT2D eigenvalue weighted by molar-refractivity contribution is 6.36. The molecule has 1 N–H and O–H groups in total. The fraction of sp³-hybridized carbons (Fsp3) is 0.357. The molecule has 0 aliphatic carbocycles. The summed E-state index contributed by atoms with van der Waals surface area (Å²) in [6.45, 7) is 0.812. The Balaban J connectivity index is 1.58. The lowest BCUT2D eigenvalue weighted by atomic mass is 9.83. The minimum atomic E-state index is -4.20. The zero-order chi connectivity index (χ0) is 28.7. The van der Waals surface area contributed by atoms with Crippen LogP contribution in [0.15, 0.2) is 49.1 Å². The first-order valence-electron chi connectivity index (χ1n) is 12.6. The second-order valence-electron chi connectivity index (χ2n) is 9.88. The van der Waals surface area contributed by atoms with Crippen LogP contribution in [0.25, 0.3) is 10.9 Å². The quantitative estimate of drug-likeness (QED) is 0.350. The second kappa shape index (κ2) is 10.7. The van der Waals surface area contributed by atoms with Gasteiger partial charge in [0.05, 0.1) is 41.8 Å². The molecule has 1 unspecified atom stereocenters. The van der Waals surface area contributed by atoms with Crippen LogP contribution in [-0.4, -0.2) is 55.9 Å². The number of methoxy groups -OCH3 is 1. The van der Waals surface area contributed by atoms with Gasteiger partial charge in [0.25, 0.3) is 0 Å². The van der Waals surface area contributed by atoms with Gasteiger partial charge in [-0.15, -0.1) is 0 Å². The molecule has 1 aliphatic rings. The standard InChI is InChI=1S/C28H26ClF3N6O2/c1-37-16-34-14-24(37)27(39,19-3-5-20(12-33)35-13-19)18-4-6-23-21(11-18)25(29)22(26(36-23)40-2)15-38-9-7-17(8-10-38)28(30,31)32/h3-6,11,13-14,16-17,39H,7-10,15H2,1-2H3. The Kier molecular flexibility index (Phi) is 7.44. The third-order valence-electron chi connectivity index (χ3n) is 7.50. The summed E-state index contributed by atoms with van der Waals surface area (Å²) < 4.78 is 46.7. The van der Waals surface area contributed by atoms with Gasteiger partial charge < -0.3 is 14.4 Å². The molecule has 208 valence electrons. The Labute approximate surface area is 233 Å². The van der Waals surface area contributed by atoms with Crippen molar-refractivity contribution in [2.24, 2.45) is 13.0 Å². The predicted octanol–water partition coefficient (Wildman–Crippen LogP) is 4.96. The van der Waals surface area contributed by atoms with Gasteiger partial charge in [-0.2, -0.15) is 18.4 Å². The minimum Gasteiger partial charge on any atom is -0.481 e. The number of halogens is 4. The number of piperidine rings is 1. The van der Waals surface area contributed by atoms with Crippen molar-refractivity contribution < 1.29 is 23.0 Å². The zero-order valence-electron chi connectivity index (χ0n) is 21.8. The molecule has 1 aromatic carbocycles. The molecule has 12 heteroatoms. The van der Waals surface area contributed by atoms with Crippen LogP contribution < -0.4 is 4.74 Å². The molecule has 5 rings (SSSR count). The van der Waals surface area contributed by atoms with Gasteiger partial charge in [0.15, 0.2) is 5.60 Å². The highest BCUT2D eigenvalue weighted by Gasteiger charge is 2.41. The summed E-state index contributed by atoms with van der Waals surface area (Å²) in [6, 6.07) is 10.3. The first kappa shape index (κ1) is 27.8. The lowest BCUT2D eigenvalue weighted by molar-refractivity contribution is -0.185. The van der Waals surface area contributed by atoms with E-state index < -0.39 is 17.7 Å². The molecular formula is C28H26ClF3N6O2. The van der Waals surface area contributed by atoms with E-state index in [2.05, 4.69) is 15.0 Å². The Bertz CT molecular complexity index is 1580. The largest absolute Gasteiger partial charge is 0.481 e. The Morgan fingerprint density at radius 3 is 2.45 bits per heavy atom. The number of fused-ring (bicyclic) bond motifs is 1. The summed E-state index contributed by atoms with van der Waals surface area (Å²) in [6.07, 6.45) is 0.400. The monoisotopic (exact) mass is 570 g/mol. The lowest BCUT2D eigenvalue weighted by Gasteiger charge is -2.33. The van der Waals surface area contributed by atoms with Crippen LogP contribution in [-0.2, 0) is 19.2 Å². The van der Waals surface area contributed by atoms with Gasteiger partial charge in [0.1, 0.15) is 11.8 Å². The number of nitrogens with zero attached hydrogens (tertiary/aromatic N) is 6. The smallest absolute Gasteiger partial charge is 0.391 e. The number of imidazole rings is 1. The van der Waals surface area contributed by atoms with E-state index in [0.29, 0.717) is 44.2 Å². The van der Waals surface area contributed by atoms with E-state index in [-0.39, 0.29) is 38.2 Å². The van der Waals surface area contributed by atoms with Crippen LogP contribution in [0.1, 0.15) is 40.9 Å². The van der Waals surface area contributed by atoms with Crippen LogP contribution in [0.5, 0.6) is 5.88 Å². The van der Waals surface area contributed by atoms with Crippen molar-refractivity contribution in [2.75, 3.05) is 20.2 Å². The summed E-state index contributed by atoms with van der Waals surface area (Å²) in [5.41, 5.74) is 0.921. The highest BCUT2D eigenvalue weighted by atomic mass is 35.5. The topological polar surface area (TPSA) is 100 Å². The van der Waals surface area contributed by atoms with E-state index in [0.717, 1.165) is 0 Å². The van der Waals surface area contributed by atoms with Gasteiger partial charge in [0, 0.05) is 36.3 Å². The number of likely N-dealkylation sites (tertiary alicyclic amines) is 1. The number of benzene rings is 1. The van der Waals surface area contributed by atoms with Gasteiger partial charge in [0.2, 0.25) is 5.88 Å². The molecular weight excluding hydrogens is 545 g/mol. The number of aryl methyl sites for hydroxylation is 1.